The zero-order valence-electron chi connectivity index (χ0n) is 15.9. The van der Waals surface area contributed by atoms with E-state index in [1.165, 1.54) is 7.11 Å². The van der Waals surface area contributed by atoms with Crippen molar-refractivity contribution in [2.75, 3.05) is 12.4 Å². The topological polar surface area (TPSA) is 84.5 Å². The zero-order chi connectivity index (χ0) is 19.3. The Balaban J connectivity index is 1.93. The first-order valence-corrected chi connectivity index (χ1v) is 9.01. The number of anilines is 1. The fourth-order valence-corrected chi connectivity index (χ4v) is 3.20. The third-order valence-corrected chi connectivity index (χ3v) is 4.56. The lowest BCUT2D eigenvalue weighted by Crippen LogP contribution is -2.45. The Bertz CT molecular complexity index is 671. The third kappa shape index (κ3) is 5.31. The molecule has 1 aliphatic carbocycles. The Kier molecular flexibility index (Phi) is 6.40. The molecule has 26 heavy (non-hydrogen) atoms. The Labute approximate surface area is 154 Å². The molecule has 1 aromatic carbocycles. The SMILES string of the molecule is COC(=O)c1ccccc1NC(=O)C1CCC(C(=O)NC(C)(C)C)CC1. The van der Waals surface area contributed by atoms with E-state index in [1.807, 2.05) is 20.8 Å². The Morgan fingerprint density at radius 2 is 1.50 bits per heavy atom. The van der Waals surface area contributed by atoms with Gasteiger partial charge in [0, 0.05) is 17.4 Å². The van der Waals surface area contributed by atoms with Gasteiger partial charge in [-0.05, 0) is 58.6 Å². The molecule has 1 aliphatic rings. The molecule has 0 atom stereocenters. The van der Waals surface area contributed by atoms with Crippen LogP contribution in [-0.2, 0) is 14.3 Å². The summed E-state index contributed by atoms with van der Waals surface area (Å²) in [5, 5.41) is 5.85. The third-order valence-electron chi connectivity index (χ3n) is 4.56. The first-order valence-electron chi connectivity index (χ1n) is 9.01. The normalized spacial score (nSPS) is 20.2. The van der Waals surface area contributed by atoms with Gasteiger partial charge in [0.2, 0.25) is 11.8 Å². The molecule has 2 rings (SSSR count). The van der Waals surface area contributed by atoms with Crippen LogP contribution >= 0.6 is 0 Å². The highest BCUT2D eigenvalue weighted by Crippen LogP contribution is 2.30. The van der Waals surface area contributed by atoms with Gasteiger partial charge in [-0.25, -0.2) is 4.79 Å². The number of amides is 2. The van der Waals surface area contributed by atoms with Crippen LogP contribution in [0.25, 0.3) is 0 Å². The van der Waals surface area contributed by atoms with Crippen LogP contribution in [0.3, 0.4) is 0 Å². The fraction of sp³-hybridized carbons (Fsp3) is 0.550. The number of methoxy groups -OCH3 is 1. The smallest absolute Gasteiger partial charge is 0.339 e. The van der Waals surface area contributed by atoms with Crippen molar-refractivity contribution in [1.29, 1.82) is 0 Å². The number of carbonyl (C=O) groups is 3. The van der Waals surface area contributed by atoms with Crippen LogP contribution in [0, 0.1) is 11.8 Å². The highest BCUT2D eigenvalue weighted by atomic mass is 16.5. The molecular formula is C20H28N2O4. The number of para-hydroxylation sites is 1. The molecule has 0 spiro atoms. The lowest BCUT2D eigenvalue weighted by Gasteiger charge is -2.30. The molecule has 2 N–H and O–H groups in total. The molecule has 0 aromatic heterocycles. The molecule has 1 saturated carbocycles. The number of hydrogen-bond donors (Lipinski definition) is 2. The number of ether oxygens (including phenoxy) is 1. The zero-order valence-corrected chi connectivity index (χ0v) is 15.9. The highest BCUT2D eigenvalue weighted by Gasteiger charge is 2.31. The van der Waals surface area contributed by atoms with E-state index in [-0.39, 0.29) is 29.2 Å². The number of carbonyl (C=O) groups excluding carboxylic acids is 3. The maximum atomic E-state index is 12.6. The van der Waals surface area contributed by atoms with Crippen LogP contribution in [0.5, 0.6) is 0 Å². The second-order valence-electron chi connectivity index (χ2n) is 7.81. The summed E-state index contributed by atoms with van der Waals surface area (Å²) >= 11 is 0. The van der Waals surface area contributed by atoms with Crippen LogP contribution in [0.2, 0.25) is 0 Å². The number of nitrogens with one attached hydrogen (secondary N) is 2. The largest absolute Gasteiger partial charge is 0.465 e. The molecule has 1 fully saturated rings. The van der Waals surface area contributed by atoms with E-state index in [1.54, 1.807) is 24.3 Å². The summed E-state index contributed by atoms with van der Waals surface area (Å²) < 4.78 is 4.75. The van der Waals surface area contributed by atoms with Gasteiger partial charge < -0.3 is 15.4 Å². The first-order chi connectivity index (χ1) is 12.2. The van der Waals surface area contributed by atoms with Crippen molar-refractivity contribution >= 4 is 23.5 Å². The maximum Gasteiger partial charge on any atom is 0.339 e. The molecule has 0 saturated heterocycles. The molecule has 0 heterocycles. The summed E-state index contributed by atoms with van der Waals surface area (Å²) in [6, 6.07) is 6.79. The Morgan fingerprint density at radius 3 is 2.04 bits per heavy atom. The number of hydrogen-bond acceptors (Lipinski definition) is 4. The quantitative estimate of drug-likeness (QED) is 0.808. The minimum atomic E-state index is -0.483. The molecule has 0 radical (unpaired) electrons. The van der Waals surface area contributed by atoms with Crippen molar-refractivity contribution in [1.82, 2.24) is 5.32 Å². The van der Waals surface area contributed by atoms with Gasteiger partial charge in [0.05, 0.1) is 18.4 Å². The summed E-state index contributed by atoms with van der Waals surface area (Å²) in [4.78, 5) is 36.6. The number of esters is 1. The van der Waals surface area contributed by atoms with Crippen molar-refractivity contribution in [2.24, 2.45) is 11.8 Å². The van der Waals surface area contributed by atoms with Crippen molar-refractivity contribution in [3.05, 3.63) is 29.8 Å². The molecular weight excluding hydrogens is 332 g/mol. The molecule has 0 aliphatic heterocycles. The van der Waals surface area contributed by atoms with E-state index in [2.05, 4.69) is 10.6 Å². The average molecular weight is 360 g/mol. The Hall–Kier alpha value is -2.37. The summed E-state index contributed by atoms with van der Waals surface area (Å²) in [7, 11) is 1.31. The lowest BCUT2D eigenvalue weighted by molar-refractivity contribution is -0.129. The maximum absolute atomic E-state index is 12.6. The van der Waals surface area contributed by atoms with Crippen molar-refractivity contribution < 1.29 is 19.1 Å². The van der Waals surface area contributed by atoms with Crippen molar-refractivity contribution in [3.8, 4) is 0 Å². The second kappa shape index (κ2) is 8.34. The van der Waals surface area contributed by atoms with Gasteiger partial charge in [0.25, 0.3) is 0 Å². The highest BCUT2D eigenvalue weighted by molar-refractivity contribution is 6.01. The minimum Gasteiger partial charge on any atom is -0.465 e. The van der Waals surface area contributed by atoms with E-state index in [9.17, 15) is 14.4 Å². The van der Waals surface area contributed by atoms with Gasteiger partial charge in [-0.1, -0.05) is 12.1 Å². The van der Waals surface area contributed by atoms with E-state index < -0.39 is 5.97 Å². The fourth-order valence-electron chi connectivity index (χ4n) is 3.20. The van der Waals surface area contributed by atoms with E-state index in [0.717, 1.165) is 0 Å². The van der Waals surface area contributed by atoms with Crippen LogP contribution < -0.4 is 10.6 Å². The summed E-state index contributed by atoms with van der Waals surface area (Å²) in [5.74, 6) is -0.730. The van der Waals surface area contributed by atoms with Crippen molar-refractivity contribution in [3.63, 3.8) is 0 Å². The Morgan fingerprint density at radius 1 is 0.962 bits per heavy atom. The molecule has 1 aromatic rings. The van der Waals surface area contributed by atoms with Gasteiger partial charge in [0.15, 0.2) is 0 Å². The van der Waals surface area contributed by atoms with Crippen LogP contribution in [0.4, 0.5) is 5.69 Å². The van der Waals surface area contributed by atoms with Crippen LogP contribution in [0.1, 0.15) is 56.8 Å². The van der Waals surface area contributed by atoms with Crippen molar-refractivity contribution in [2.45, 2.75) is 52.0 Å². The molecule has 0 unspecified atom stereocenters. The predicted molar refractivity (Wildman–Crippen MR) is 99.8 cm³/mol. The number of benzene rings is 1. The number of rotatable bonds is 4. The van der Waals surface area contributed by atoms with Gasteiger partial charge in [-0.3, -0.25) is 9.59 Å². The molecule has 6 heteroatoms. The summed E-state index contributed by atoms with van der Waals surface area (Å²) in [6.45, 7) is 5.88. The molecule has 142 valence electrons. The van der Waals surface area contributed by atoms with Gasteiger partial charge in [-0.2, -0.15) is 0 Å². The van der Waals surface area contributed by atoms with E-state index in [0.29, 0.717) is 36.9 Å². The van der Waals surface area contributed by atoms with E-state index >= 15 is 0 Å². The molecule has 0 bridgehead atoms. The van der Waals surface area contributed by atoms with Crippen LogP contribution in [-0.4, -0.2) is 30.4 Å². The predicted octanol–water partition coefficient (Wildman–Crippen LogP) is 3.13. The first kappa shape index (κ1) is 19.9. The average Bonchev–Trinajstić information content (AvgIpc) is 2.60. The monoisotopic (exact) mass is 360 g/mol. The van der Waals surface area contributed by atoms with Crippen LogP contribution in [0.15, 0.2) is 24.3 Å². The van der Waals surface area contributed by atoms with Gasteiger partial charge >= 0.3 is 5.97 Å². The molecule has 2 amide bonds. The summed E-state index contributed by atoms with van der Waals surface area (Å²) in [5.41, 5.74) is 0.543. The minimum absolute atomic E-state index is 0.0411. The standard InChI is InChI=1S/C20H28N2O4/c1-20(2,3)22-18(24)14-11-9-13(10-12-14)17(23)21-16-8-6-5-7-15(16)19(25)26-4/h5-8,13-14H,9-12H2,1-4H3,(H,21,23)(H,22,24). The van der Waals surface area contributed by atoms with Gasteiger partial charge in [0.1, 0.15) is 0 Å². The molecule has 6 nitrogen and oxygen atoms in total. The van der Waals surface area contributed by atoms with Gasteiger partial charge in [-0.15, -0.1) is 0 Å². The lowest BCUT2D eigenvalue weighted by atomic mass is 9.80. The second-order valence-corrected chi connectivity index (χ2v) is 7.81. The van der Waals surface area contributed by atoms with E-state index in [4.69, 9.17) is 4.74 Å². The summed E-state index contributed by atoms with van der Waals surface area (Å²) in [6.07, 6.45) is 2.71.